The molecule has 1 saturated heterocycles. The van der Waals surface area contributed by atoms with Crippen LogP contribution in [0, 0.1) is 13.8 Å². The molecule has 32 heavy (non-hydrogen) atoms. The van der Waals surface area contributed by atoms with Gasteiger partial charge in [0, 0.05) is 16.3 Å². The van der Waals surface area contributed by atoms with Crippen molar-refractivity contribution in [3.8, 4) is 5.75 Å². The standard InChI is InChI=1S/C26H22ClNO4/c1-15-7-12-20(13-16(15)2)28-23(18-5-4-6-21(14-18)32-3)22(25(30)26(28)31)24(29)17-8-10-19(27)11-9-17/h4-14,23,29H,1-3H3/b24-22+. The molecule has 5 nitrogen and oxygen atoms in total. The van der Waals surface area contributed by atoms with E-state index in [4.69, 9.17) is 16.3 Å². The number of benzene rings is 3. The molecule has 0 saturated carbocycles. The van der Waals surface area contributed by atoms with Crippen LogP contribution < -0.4 is 9.64 Å². The fraction of sp³-hybridized carbons (Fsp3) is 0.154. The number of methoxy groups -OCH3 is 1. The van der Waals surface area contributed by atoms with Crippen LogP contribution in [0.2, 0.25) is 5.02 Å². The van der Waals surface area contributed by atoms with Gasteiger partial charge in [-0.3, -0.25) is 14.5 Å². The Morgan fingerprint density at radius 3 is 2.34 bits per heavy atom. The summed E-state index contributed by atoms with van der Waals surface area (Å²) in [5, 5.41) is 11.6. The third-order valence-corrected chi connectivity index (χ3v) is 5.99. The largest absolute Gasteiger partial charge is 0.507 e. The van der Waals surface area contributed by atoms with Gasteiger partial charge in [-0.2, -0.15) is 0 Å². The zero-order valence-corrected chi connectivity index (χ0v) is 18.7. The van der Waals surface area contributed by atoms with Crippen molar-refractivity contribution in [1.82, 2.24) is 0 Å². The van der Waals surface area contributed by atoms with Crippen molar-refractivity contribution in [2.45, 2.75) is 19.9 Å². The lowest BCUT2D eigenvalue weighted by atomic mass is 9.95. The van der Waals surface area contributed by atoms with E-state index in [-0.39, 0.29) is 11.3 Å². The number of aliphatic hydroxyl groups is 1. The summed E-state index contributed by atoms with van der Waals surface area (Å²) in [5.74, 6) is -1.11. The van der Waals surface area contributed by atoms with Crippen molar-refractivity contribution in [3.63, 3.8) is 0 Å². The second-order valence-corrected chi connectivity index (χ2v) is 8.16. The van der Waals surface area contributed by atoms with E-state index in [1.165, 1.54) is 4.90 Å². The average molecular weight is 448 g/mol. The highest BCUT2D eigenvalue weighted by Crippen LogP contribution is 2.43. The van der Waals surface area contributed by atoms with Crippen LogP contribution in [0.4, 0.5) is 5.69 Å². The van der Waals surface area contributed by atoms with Gasteiger partial charge in [0.15, 0.2) is 0 Å². The molecule has 1 amide bonds. The summed E-state index contributed by atoms with van der Waals surface area (Å²) >= 11 is 5.98. The summed E-state index contributed by atoms with van der Waals surface area (Å²) in [7, 11) is 1.55. The maximum Gasteiger partial charge on any atom is 0.300 e. The molecule has 1 heterocycles. The van der Waals surface area contributed by atoms with E-state index >= 15 is 0 Å². The summed E-state index contributed by atoms with van der Waals surface area (Å²) in [6.07, 6.45) is 0. The predicted octanol–water partition coefficient (Wildman–Crippen LogP) is 5.59. The lowest BCUT2D eigenvalue weighted by molar-refractivity contribution is -0.132. The first-order valence-corrected chi connectivity index (χ1v) is 10.5. The van der Waals surface area contributed by atoms with Gasteiger partial charge in [0.1, 0.15) is 11.5 Å². The van der Waals surface area contributed by atoms with Gasteiger partial charge in [-0.25, -0.2) is 0 Å². The monoisotopic (exact) mass is 447 g/mol. The number of halogens is 1. The van der Waals surface area contributed by atoms with Gasteiger partial charge in [0.2, 0.25) is 0 Å². The number of ether oxygens (including phenoxy) is 1. The zero-order valence-electron chi connectivity index (χ0n) is 17.9. The molecule has 6 heteroatoms. The van der Waals surface area contributed by atoms with Crippen LogP contribution in [0.3, 0.4) is 0 Å². The van der Waals surface area contributed by atoms with E-state index in [1.54, 1.807) is 49.6 Å². The number of carbonyl (C=O) groups is 2. The summed E-state index contributed by atoms with van der Waals surface area (Å²) < 4.78 is 5.36. The Balaban J connectivity index is 1.96. The number of aliphatic hydroxyl groups excluding tert-OH is 1. The van der Waals surface area contributed by atoms with Crippen molar-refractivity contribution in [3.05, 3.63) is 99.6 Å². The van der Waals surface area contributed by atoms with Gasteiger partial charge in [-0.1, -0.05) is 29.8 Å². The Morgan fingerprint density at radius 2 is 1.69 bits per heavy atom. The summed E-state index contributed by atoms with van der Waals surface area (Å²) in [6, 6.07) is 18.4. The Bertz CT molecular complexity index is 1250. The molecule has 0 aromatic heterocycles. The van der Waals surface area contributed by atoms with Gasteiger partial charge in [-0.05, 0) is 79.1 Å². The van der Waals surface area contributed by atoms with Crippen LogP contribution in [-0.2, 0) is 9.59 Å². The molecule has 4 rings (SSSR count). The molecule has 1 atom stereocenters. The third-order valence-electron chi connectivity index (χ3n) is 5.74. The van der Waals surface area contributed by atoms with Crippen LogP contribution in [0.25, 0.3) is 5.76 Å². The topological polar surface area (TPSA) is 66.8 Å². The van der Waals surface area contributed by atoms with Gasteiger partial charge in [0.25, 0.3) is 11.7 Å². The summed E-state index contributed by atoms with van der Waals surface area (Å²) in [5.41, 5.74) is 3.72. The van der Waals surface area contributed by atoms with Crippen molar-refractivity contribution < 1.29 is 19.4 Å². The molecular formula is C26H22ClNO4. The Labute approximate surface area is 191 Å². The number of anilines is 1. The third kappa shape index (κ3) is 3.76. The highest BCUT2D eigenvalue weighted by Gasteiger charge is 2.47. The van der Waals surface area contributed by atoms with Crippen LogP contribution in [0.5, 0.6) is 5.75 Å². The molecule has 0 bridgehead atoms. The fourth-order valence-electron chi connectivity index (χ4n) is 3.86. The second-order valence-electron chi connectivity index (χ2n) is 7.72. The second kappa shape index (κ2) is 8.52. The average Bonchev–Trinajstić information content (AvgIpc) is 3.06. The highest BCUT2D eigenvalue weighted by molar-refractivity contribution is 6.51. The Morgan fingerprint density at radius 1 is 0.969 bits per heavy atom. The SMILES string of the molecule is COc1cccc(C2/C(=C(\O)c3ccc(Cl)cc3)C(=O)C(=O)N2c2ccc(C)c(C)c2)c1. The first-order chi connectivity index (χ1) is 15.3. The van der Waals surface area contributed by atoms with Gasteiger partial charge >= 0.3 is 0 Å². The number of rotatable bonds is 4. The van der Waals surface area contributed by atoms with Crippen LogP contribution in [0.1, 0.15) is 28.3 Å². The Hall–Kier alpha value is -3.57. The smallest absolute Gasteiger partial charge is 0.300 e. The van der Waals surface area contributed by atoms with E-state index in [0.29, 0.717) is 27.6 Å². The minimum absolute atomic E-state index is 0.0174. The molecule has 3 aromatic rings. The molecule has 1 fully saturated rings. The quantitative estimate of drug-likeness (QED) is 0.321. The van der Waals surface area contributed by atoms with Gasteiger partial charge in [0.05, 0.1) is 18.7 Å². The van der Waals surface area contributed by atoms with E-state index in [1.807, 2.05) is 38.1 Å². The van der Waals surface area contributed by atoms with E-state index in [2.05, 4.69) is 0 Å². The van der Waals surface area contributed by atoms with Crippen molar-refractivity contribution in [1.29, 1.82) is 0 Å². The van der Waals surface area contributed by atoms with Gasteiger partial charge < -0.3 is 9.84 Å². The molecule has 1 N–H and O–H groups in total. The van der Waals surface area contributed by atoms with E-state index in [9.17, 15) is 14.7 Å². The van der Waals surface area contributed by atoms with Crippen LogP contribution in [0.15, 0.2) is 72.3 Å². The first kappa shape index (κ1) is 21.7. The molecule has 1 unspecified atom stereocenters. The molecule has 0 radical (unpaired) electrons. The van der Waals surface area contributed by atoms with Crippen molar-refractivity contribution in [2.75, 3.05) is 12.0 Å². The molecule has 3 aromatic carbocycles. The number of carbonyl (C=O) groups excluding carboxylic acids is 2. The predicted molar refractivity (Wildman–Crippen MR) is 125 cm³/mol. The Kier molecular flexibility index (Phi) is 5.76. The number of amides is 1. The number of aryl methyl sites for hydroxylation is 2. The number of Topliss-reactive ketones (excluding diaryl/α,β-unsaturated/α-hetero) is 1. The summed E-state index contributed by atoms with van der Waals surface area (Å²) in [6.45, 7) is 3.93. The number of hydrogen-bond donors (Lipinski definition) is 1. The number of ketones is 1. The molecule has 1 aliphatic heterocycles. The van der Waals surface area contributed by atoms with E-state index in [0.717, 1.165) is 11.1 Å². The lowest BCUT2D eigenvalue weighted by Crippen LogP contribution is -2.29. The molecule has 1 aliphatic rings. The minimum Gasteiger partial charge on any atom is -0.507 e. The van der Waals surface area contributed by atoms with Crippen molar-refractivity contribution >= 4 is 34.7 Å². The molecule has 0 spiro atoms. The van der Waals surface area contributed by atoms with Crippen LogP contribution in [-0.4, -0.2) is 23.9 Å². The number of nitrogens with zero attached hydrogens (tertiary/aromatic N) is 1. The maximum absolute atomic E-state index is 13.2. The van der Waals surface area contributed by atoms with E-state index < -0.39 is 17.7 Å². The van der Waals surface area contributed by atoms with Crippen molar-refractivity contribution in [2.24, 2.45) is 0 Å². The molecule has 162 valence electrons. The van der Waals surface area contributed by atoms with Crippen LogP contribution >= 0.6 is 11.6 Å². The lowest BCUT2D eigenvalue weighted by Gasteiger charge is -2.26. The zero-order chi connectivity index (χ0) is 23.0. The molecule has 0 aliphatic carbocycles. The normalized spacial score (nSPS) is 17.6. The minimum atomic E-state index is -0.817. The fourth-order valence-corrected chi connectivity index (χ4v) is 3.99. The molecular weight excluding hydrogens is 426 g/mol. The first-order valence-electron chi connectivity index (χ1n) is 10.1. The highest BCUT2D eigenvalue weighted by atomic mass is 35.5. The summed E-state index contributed by atoms with van der Waals surface area (Å²) in [4.78, 5) is 27.8. The van der Waals surface area contributed by atoms with Gasteiger partial charge in [-0.15, -0.1) is 0 Å². The number of hydrogen-bond acceptors (Lipinski definition) is 4. The maximum atomic E-state index is 13.2.